The highest BCUT2D eigenvalue weighted by Crippen LogP contribution is 2.30. The normalized spacial score (nSPS) is 11.4. The summed E-state index contributed by atoms with van der Waals surface area (Å²) in [5.41, 5.74) is 0. The van der Waals surface area contributed by atoms with Gasteiger partial charge in [0.05, 0.1) is 20.8 Å². The van der Waals surface area contributed by atoms with Crippen molar-refractivity contribution in [1.82, 2.24) is 4.31 Å². The second-order valence-electron chi connectivity index (χ2n) is 5.36. The van der Waals surface area contributed by atoms with Gasteiger partial charge in [-0.3, -0.25) is 0 Å². The zero-order valence-corrected chi connectivity index (χ0v) is 15.5. The van der Waals surface area contributed by atoms with Crippen molar-refractivity contribution in [2.75, 3.05) is 34.4 Å². The zero-order valence-electron chi connectivity index (χ0n) is 14.6. The van der Waals surface area contributed by atoms with Gasteiger partial charge in [0.15, 0.2) is 0 Å². The van der Waals surface area contributed by atoms with Gasteiger partial charge in [0.25, 0.3) is 0 Å². The van der Waals surface area contributed by atoms with Crippen molar-refractivity contribution in [2.24, 2.45) is 0 Å². The number of sulfonamides is 1. The van der Waals surface area contributed by atoms with E-state index in [9.17, 15) is 8.42 Å². The lowest BCUT2D eigenvalue weighted by molar-refractivity contribution is 0.296. The van der Waals surface area contributed by atoms with Crippen molar-refractivity contribution in [3.63, 3.8) is 0 Å². The molecule has 0 unspecified atom stereocenters. The number of rotatable bonds is 9. The number of benzene rings is 2. The first-order chi connectivity index (χ1) is 12.0. The molecule has 6 nitrogen and oxygen atoms in total. The average Bonchev–Trinajstić information content (AvgIpc) is 2.65. The Kier molecular flexibility index (Phi) is 6.66. The van der Waals surface area contributed by atoms with Crippen LogP contribution in [0.25, 0.3) is 0 Å². The maximum atomic E-state index is 12.8. The monoisotopic (exact) mass is 365 g/mol. The zero-order chi connectivity index (χ0) is 18.3. The van der Waals surface area contributed by atoms with Gasteiger partial charge in [-0.25, -0.2) is 12.7 Å². The minimum Gasteiger partial charge on any atom is -0.497 e. The molecule has 0 aromatic heterocycles. The molecule has 0 fully saturated rings. The summed E-state index contributed by atoms with van der Waals surface area (Å²) >= 11 is 0. The van der Waals surface area contributed by atoms with Gasteiger partial charge in [-0.2, -0.15) is 0 Å². The number of ether oxygens (including phenoxy) is 3. The van der Waals surface area contributed by atoms with Crippen LogP contribution >= 0.6 is 0 Å². The molecule has 7 heteroatoms. The SMILES string of the molecule is COc1ccc(OC)c(S(=O)(=O)N(C)CCCOc2ccccc2)c1. The lowest BCUT2D eigenvalue weighted by atomic mass is 10.3. The maximum Gasteiger partial charge on any atom is 0.246 e. The van der Waals surface area contributed by atoms with Crippen molar-refractivity contribution < 1.29 is 22.6 Å². The molecule has 0 saturated heterocycles. The molecule has 25 heavy (non-hydrogen) atoms. The van der Waals surface area contributed by atoms with Crippen LogP contribution in [0.1, 0.15) is 6.42 Å². The van der Waals surface area contributed by atoms with Crippen LogP contribution in [0, 0.1) is 0 Å². The summed E-state index contributed by atoms with van der Waals surface area (Å²) in [7, 11) is 0.780. The third-order valence-corrected chi connectivity index (χ3v) is 5.57. The van der Waals surface area contributed by atoms with Crippen LogP contribution < -0.4 is 14.2 Å². The van der Waals surface area contributed by atoms with Crippen LogP contribution in [0.4, 0.5) is 0 Å². The number of hydrogen-bond acceptors (Lipinski definition) is 5. The van der Waals surface area contributed by atoms with E-state index >= 15 is 0 Å². The average molecular weight is 365 g/mol. The Hall–Kier alpha value is -2.25. The number of para-hydroxylation sites is 1. The molecule has 0 aliphatic heterocycles. The van der Waals surface area contributed by atoms with Crippen molar-refractivity contribution in [3.8, 4) is 17.2 Å². The van der Waals surface area contributed by atoms with Gasteiger partial charge in [0.1, 0.15) is 22.1 Å². The summed E-state index contributed by atoms with van der Waals surface area (Å²) < 4.78 is 42.8. The molecule has 0 saturated carbocycles. The molecule has 2 aromatic carbocycles. The maximum absolute atomic E-state index is 12.8. The summed E-state index contributed by atoms with van der Waals surface area (Å²) in [6.07, 6.45) is 0.566. The first-order valence-corrected chi connectivity index (χ1v) is 9.29. The Balaban J connectivity index is 2.01. The Bertz CT molecular complexity index is 777. The van der Waals surface area contributed by atoms with E-state index in [1.165, 1.54) is 31.6 Å². The first-order valence-electron chi connectivity index (χ1n) is 7.85. The van der Waals surface area contributed by atoms with Crippen LogP contribution in [0.3, 0.4) is 0 Å². The second-order valence-corrected chi connectivity index (χ2v) is 7.37. The Morgan fingerprint density at radius 2 is 1.68 bits per heavy atom. The van der Waals surface area contributed by atoms with Crippen LogP contribution in [0.2, 0.25) is 0 Å². The topological polar surface area (TPSA) is 65.1 Å². The molecular formula is C18H23NO5S. The van der Waals surface area contributed by atoms with E-state index in [1.54, 1.807) is 12.1 Å². The third-order valence-electron chi connectivity index (χ3n) is 3.69. The first kappa shape index (κ1) is 19.1. The molecule has 2 aromatic rings. The highest BCUT2D eigenvalue weighted by Gasteiger charge is 2.25. The molecular weight excluding hydrogens is 342 g/mol. The minimum atomic E-state index is -3.69. The predicted molar refractivity (Wildman–Crippen MR) is 95.9 cm³/mol. The largest absolute Gasteiger partial charge is 0.497 e. The molecule has 0 atom stereocenters. The van der Waals surface area contributed by atoms with E-state index in [-0.39, 0.29) is 10.6 Å². The lowest BCUT2D eigenvalue weighted by Gasteiger charge is -2.19. The minimum absolute atomic E-state index is 0.0841. The summed E-state index contributed by atoms with van der Waals surface area (Å²) in [5.74, 6) is 1.51. The molecule has 0 N–H and O–H groups in total. The second kappa shape index (κ2) is 8.73. The molecule has 0 aliphatic rings. The van der Waals surface area contributed by atoms with Gasteiger partial charge in [0, 0.05) is 19.7 Å². The van der Waals surface area contributed by atoms with Crippen LogP contribution in [0.5, 0.6) is 17.2 Å². The van der Waals surface area contributed by atoms with E-state index in [4.69, 9.17) is 14.2 Å². The fraction of sp³-hybridized carbons (Fsp3) is 0.333. The van der Waals surface area contributed by atoms with Gasteiger partial charge >= 0.3 is 0 Å². The molecule has 0 heterocycles. The smallest absolute Gasteiger partial charge is 0.246 e. The fourth-order valence-electron chi connectivity index (χ4n) is 2.27. The van der Waals surface area contributed by atoms with E-state index in [2.05, 4.69) is 0 Å². The summed E-state index contributed by atoms with van der Waals surface area (Å²) in [4.78, 5) is 0.0841. The van der Waals surface area contributed by atoms with Crippen LogP contribution in [-0.2, 0) is 10.0 Å². The van der Waals surface area contributed by atoms with Gasteiger partial charge in [0.2, 0.25) is 10.0 Å². The number of methoxy groups -OCH3 is 2. The quantitative estimate of drug-likeness (QED) is 0.640. The van der Waals surface area contributed by atoms with E-state index in [0.717, 1.165) is 5.75 Å². The van der Waals surface area contributed by atoms with Crippen molar-refractivity contribution in [2.45, 2.75) is 11.3 Å². The Morgan fingerprint density at radius 1 is 0.960 bits per heavy atom. The van der Waals surface area contributed by atoms with E-state index in [1.807, 2.05) is 30.3 Å². The van der Waals surface area contributed by atoms with Crippen molar-refractivity contribution in [1.29, 1.82) is 0 Å². The molecule has 0 bridgehead atoms. The summed E-state index contributed by atoms with van der Waals surface area (Å²) in [6, 6.07) is 14.1. The highest BCUT2D eigenvalue weighted by molar-refractivity contribution is 7.89. The third kappa shape index (κ3) is 4.87. The standard InChI is InChI=1S/C18H23NO5S/c1-19(12-7-13-24-15-8-5-4-6-9-15)25(20,21)18-14-16(22-2)10-11-17(18)23-3/h4-6,8-11,14H,7,12-13H2,1-3H3. The molecule has 0 amide bonds. The van der Waals surface area contributed by atoms with Gasteiger partial charge in [-0.15, -0.1) is 0 Å². The van der Waals surface area contributed by atoms with Gasteiger partial charge in [-0.05, 0) is 30.7 Å². The van der Waals surface area contributed by atoms with Crippen molar-refractivity contribution >= 4 is 10.0 Å². The Labute approximate surface area is 149 Å². The summed E-state index contributed by atoms with van der Waals surface area (Å²) in [6.45, 7) is 0.759. The Morgan fingerprint density at radius 3 is 2.32 bits per heavy atom. The summed E-state index contributed by atoms with van der Waals surface area (Å²) in [5, 5.41) is 0. The molecule has 2 rings (SSSR count). The molecule has 0 radical (unpaired) electrons. The number of nitrogens with zero attached hydrogens (tertiary/aromatic N) is 1. The highest BCUT2D eigenvalue weighted by atomic mass is 32.2. The molecule has 0 aliphatic carbocycles. The molecule has 0 spiro atoms. The van der Waals surface area contributed by atoms with E-state index < -0.39 is 10.0 Å². The van der Waals surface area contributed by atoms with Gasteiger partial charge in [-0.1, -0.05) is 18.2 Å². The van der Waals surface area contributed by atoms with Crippen LogP contribution in [0.15, 0.2) is 53.4 Å². The lowest BCUT2D eigenvalue weighted by Crippen LogP contribution is -2.29. The van der Waals surface area contributed by atoms with Gasteiger partial charge < -0.3 is 14.2 Å². The fourth-order valence-corrected chi connectivity index (χ4v) is 3.64. The predicted octanol–water partition coefficient (Wildman–Crippen LogP) is 2.79. The van der Waals surface area contributed by atoms with Crippen LogP contribution in [-0.4, -0.2) is 47.1 Å². The van der Waals surface area contributed by atoms with E-state index in [0.29, 0.717) is 25.3 Å². The number of hydrogen-bond donors (Lipinski definition) is 0. The van der Waals surface area contributed by atoms with Crippen molar-refractivity contribution in [3.05, 3.63) is 48.5 Å². The molecule has 136 valence electrons.